The molecule has 1 N–H and O–H groups in total. The first-order valence-corrected chi connectivity index (χ1v) is 7.70. The Morgan fingerprint density at radius 2 is 1.90 bits per heavy atom. The van der Waals surface area contributed by atoms with E-state index in [0.29, 0.717) is 12.0 Å². The van der Waals surface area contributed by atoms with Crippen LogP contribution in [0.15, 0.2) is 53.0 Å². The minimum atomic E-state index is 0.561. The number of hydrogen-bond acceptors (Lipinski definition) is 2. The minimum absolute atomic E-state index is 0.561. The maximum Gasteiger partial charge on any atom is 0.120 e. The molecule has 0 unspecified atom stereocenters. The van der Waals surface area contributed by atoms with Crippen molar-refractivity contribution in [3.8, 4) is 5.75 Å². The van der Waals surface area contributed by atoms with Gasteiger partial charge >= 0.3 is 0 Å². The van der Waals surface area contributed by atoms with Gasteiger partial charge in [0.05, 0.1) is 7.11 Å². The summed E-state index contributed by atoms with van der Waals surface area (Å²) < 4.78 is 6.41. The highest BCUT2D eigenvalue weighted by molar-refractivity contribution is 9.10. The van der Waals surface area contributed by atoms with E-state index in [1.54, 1.807) is 7.11 Å². The molecule has 3 heteroatoms. The summed E-state index contributed by atoms with van der Waals surface area (Å²) in [7, 11) is 1.70. The number of rotatable bonds is 4. The van der Waals surface area contributed by atoms with Crippen LogP contribution in [0.4, 0.5) is 5.69 Å². The van der Waals surface area contributed by atoms with Gasteiger partial charge in [-0.05, 0) is 48.6 Å². The van der Waals surface area contributed by atoms with Crippen LogP contribution in [0.2, 0.25) is 0 Å². The van der Waals surface area contributed by atoms with Crippen LogP contribution in [0.25, 0.3) is 0 Å². The lowest BCUT2D eigenvalue weighted by molar-refractivity contribution is 0.373. The van der Waals surface area contributed by atoms with E-state index in [1.807, 2.05) is 18.2 Å². The molecule has 20 heavy (non-hydrogen) atoms. The maximum absolute atomic E-state index is 5.25. The third-order valence-corrected chi connectivity index (χ3v) is 4.39. The van der Waals surface area contributed by atoms with Gasteiger partial charge in [-0.15, -0.1) is 0 Å². The summed E-state index contributed by atoms with van der Waals surface area (Å²) in [4.78, 5) is 0. The summed E-state index contributed by atoms with van der Waals surface area (Å²) in [6, 6.07) is 17.3. The zero-order valence-corrected chi connectivity index (χ0v) is 13.1. The second kappa shape index (κ2) is 5.88. The molecule has 2 nitrogen and oxygen atoms in total. The molecular weight excluding hydrogens is 314 g/mol. The number of ether oxygens (including phenoxy) is 1. The molecule has 1 saturated carbocycles. The summed E-state index contributed by atoms with van der Waals surface area (Å²) in [5, 5.41) is 3.58. The van der Waals surface area contributed by atoms with Gasteiger partial charge in [0, 0.05) is 22.3 Å². The molecule has 0 aromatic heterocycles. The fraction of sp³-hybridized carbons (Fsp3) is 0.294. The number of nitrogens with one attached hydrogen (secondary N) is 1. The molecule has 1 aliphatic carbocycles. The second-order valence-corrected chi connectivity index (χ2v) is 6.21. The predicted octanol–water partition coefficient (Wildman–Crippen LogP) is 4.82. The van der Waals surface area contributed by atoms with Gasteiger partial charge in [-0.2, -0.15) is 0 Å². The zero-order valence-electron chi connectivity index (χ0n) is 11.5. The van der Waals surface area contributed by atoms with E-state index in [9.17, 15) is 0 Å². The average molecular weight is 332 g/mol. The Balaban J connectivity index is 1.58. The van der Waals surface area contributed by atoms with Crippen molar-refractivity contribution in [2.24, 2.45) is 0 Å². The maximum atomic E-state index is 5.25. The van der Waals surface area contributed by atoms with E-state index in [4.69, 9.17) is 4.74 Å². The fourth-order valence-electron chi connectivity index (χ4n) is 2.72. The highest BCUT2D eigenvalue weighted by Crippen LogP contribution is 2.39. The molecule has 1 fully saturated rings. The van der Waals surface area contributed by atoms with Crippen LogP contribution in [-0.2, 0) is 0 Å². The summed E-state index contributed by atoms with van der Waals surface area (Å²) in [6.07, 6.45) is 2.38. The first-order valence-electron chi connectivity index (χ1n) is 6.90. The van der Waals surface area contributed by atoms with Crippen LogP contribution in [-0.4, -0.2) is 13.2 Å². The zero-order chi connectivity index (χ0) is 13.9. The SMILES string of the molecule is COc1cccc(NC2CC(c3cccc(Br)c3)C2)c1. The third kappa shape index (κ3) is 2.98. The Labute approximate surface area is 128 Å². The van der Waals surface area contributed by atoms with Gasteiger partial charge in [0.1, 0.15) is 5.75 Å². The first-order chi connectivity index (χ1) is 9.74. The highest BCUT2D eigenvalue weighted by atomic mass is 79.9. The Morgan fingerprint density at radius 1 is 1.10 bits per heavy atom. The number of hydrogen-bond donors (Lipinski definition) is 1. The standard InChI is InChI=1S/C17H18BrNO/c1-20-17-7-3-6-15(11-17)19-16-9-13(10-16)12-4-2-5-14(18)8-12/h2-8,11,13,16,19H,9-10H2,1H3. The van der Waals surface area contributed by atoms with Crippen molar-refractivity contribution in [2.45, 2.75) is 24.8 Å². The number of methoxy groups -OCH3 is 1. The molecule has 3 rings (SSSR count). The van der Waals surface area contributed by atoms with Crippen LogP contribution in [0.1, 0.15) is 24.3 Å². The van der Waals surface area contributed by atoms with Crippen LogP contribution >= 0.6 is 15.9 Å². The van der Waals surface area contributed by atoms with Crippen molar-refractivity contribution in [1.82, 2.24) is 0 Å². The molecule has 2 aromatic rings. The van der Waals surface area contributed by atoms with Gasteiger partial charge < -0.3 is 10.1 Å². The van der Waals surface area contributed by atoms with Crippen molar-refractivity contribution in [3.63, 3.8) is 0 Å². The number of benzene rings is 2. The number of anilines is 1. The van der Waals surface area contributed by atoms with Crippen molar-refractivity contribution in [2.75, 3.05) is 12.4 Å². The molecular formula is C17H18BrNO. The van der Waals surface area contributed by atoms with Gasteiger partial charge in [0.2, 0.25) is 0 Å². The van der Waals surface area contributed by atoms with Gasteiger partial charge in [-0.1, -0.05) is 34.1 Å². The molecule has 0 bridgehead atoms. The molecule has 0 atom stereocenters. The lowest BCUT2D eigenvalue weighted by Gasteiger charge is -2.37. The Morgan fingerprint density at radius 3 is 2.65 bits per heavy atom. The fourth-order valence-corrected chi connectivity index (χ4v) is 3.13. The van der Waals surface area contributed by atoms with Crippen molar-refractivity contribution < 1.29 is 4.74 Å². The monoisotopic (exact) mass is 331 g/mol. The van der Waals surface area contributed by atoms with Crippen molar-refractivity contribution in [3.05, 3.63) is 58.6 Å². The van der Waals surface area contributed by atoms with Gasteiger partial charge in [-0.25, -0.2) is 0 Å². The quantitative estimate of drug-likeness (QED) is 0.867. The lowest BCUT2D eigenvalue weighted by Crippen LogP contribution is -2.33. The highest BCUT2D eigenvalue weighted by Gasteiger charge is 2.30. The molecule has 0 spiro atoms. The molecule has 0 heterocycles. The van der Waals surface area contributed by atoms with Crippen LogP contribution in [0, 0.1) is 0 Å². The topological polar surface area (TPSA) is 21.3 Å². The van der Waals surface area contributed by atoms with E-state index in [1.165, 1.54) is 22.9 Å². The van der Waals surface area contributed by atoms with Gasteiger partial charge in [0.25, 0.3) is 0 Å². The van der Waals surface area contributed by atoms with E-state index in [-0.39, 0.29) is 0 Å². The smallest absolute Gasteiger partial charge is 0.120 e. The lowest BCUT2D eigenvalue weighted by atomic mass is 9.76. The molecule has 104 valence electrons. The second-order valence-electron chi connectivity index (χ2n) is 5.30. The minimum Gasteiger partial charge on any atom is -0.497 e. The van der Waals surface area contributed by atoms with Crippen LogP contribution in [0.3, 0.4) is 0 Å². The van der Waals surface area contributed by atoms with Crippen LogP contribution in [0.5, 0.6) is 5.75 Å². The Hall–Kier alpha value is -1.48. The summed E-state index contributed by atoms with van der Waals surface area (Å²) in [5.74, 6) is 1.58. The Kier molecular flexibility index (Phi) is 3.97. The van der Waals surface area contributed by atoms with Gasteiger partial charge in [-0.3, -0.25) is 0 Å². The van der Waals surface area contributed by atoms with Crippen molar-refractivity contribution in [1.29, 1.82) is 0 Å². The first kappa shape index (κ1) is 13.5. The molecule has 2 aromatic carbocycles. The summed E-state index contributed by atoms with van der Waals surface area (Å²) in [6.45, 7) is 0. The largest absolute Gasteiger partial charge is 0.497 e. The molecule has 0 aliphatic heterocycles. The predicted molar refractivity (Wildman–Crippen MR) is 86.5 cm³/mol. The van der Waals surface area contributed by atoms with E-state index in [2.05, 4.69) is 51.6 Å². The normalized spacial score (nSPS) is 21.1. The molecule has 0 saturated heterocycles. The molecule has 0 amide bonds. The summed E-state index contributed by atoms with van der Waals surface area (Å²) >= 11 is 3.54. The van der Waals surface area contributed by atoms with E-state index < -0.39 is 0 Å². The summed E-state index contributed by atoms with van der Waals surface area (Å²) in [5.41, 5.74) is 2.57. The van der Waals surface area contributed by atoms with E-state index in [0.717, 1.165) is 11.4 Å². The Bertz CT molecular complexity index is 593. The molecule has 0 radical (unpaired) electrons. The molecule has 1 aliphatic rings. The van der Waals surface area contributed by atoms with Crippen molar-refractivity contribution >= 4 is 21.6 Å². The number of halogens is 1. The van der Waals surface area contributed by atoms with Crippen LogP contribution < -0.4 is 10.1 Å². The third-order valence-electron chi connectivity index (χ3n) is 3.90. The average Bonchev–Trinajstić information content (AvgIpc) is 2.42. The van der Waals surface area contributed by atoms with Gasteiger partial charge in [0.15, 0.2) is 0 Å². The van der Waals surface area contributed by atoms with E-state index >= 15 is 0 Å².